The quantitative estimate of drug-likeness (QED) is 0.948. The number of hydrogen-bond acceptors (Lipinski definition) is 3. The van der Waals surface area contributed by atoms with E-state index >= 15 is 0 Å². The molecule has 2 heterocycles. The molecule has 0 saturated carbocycles. The van der Waals surface area contributed by atoms with Gasteiger partial charge in [-0.05, 0) is 18.2 Å². The number of hydrogen-bond donors (Lipinski definition) is 1. The Morgan fingerprint density at radius 2 is 2.19 bits per heavy atom. The van der Waals surface area contributed by atoms with Crippen LogP contribution in [0.2, 0.25) is 5.02 Å². The zero-order valence-electron chi connectivity index (χ0n) is 11.5. The topological polar surface area (TPSA) is 54.6 Å². The SMILES string of the molecule is CN(CC1COc2ccccc2O1)C(=O)c1cc(Cl)c[nH]1. The van der Waals surface area contributed by atoms with Crippen LogP contribution in [0.1, 0.15) is 10.5 Å². The Morgan fingerprint density at radius 3 is 2.90 bits per heavy atom. The fourth-order valence-electron chi connectivity index (χ4n) is 2.24. The van der Waals surface area contributed by atoms with E-state index in [0.29, 0.717) is 29.6 Å². The van der Waals surface area contributed by atoms with Crippen LogP contribution in [0.25, 0.3) is 0 Å². The molecule has 110 valence electrons. The van der Waals surface area contributed by atoms with E-state index in [2.05, 4.69) is 4.98 Å². The summed E-state index contributed by atoms with van der Waals surface area (Å²) in [7, 11) is 1.72. The van der Waals surface area contributed by atoms with Crippen LogP contribution in [-0.4, -0.2) is 42.1 Å². The Kier molecular flexibility index (Phi) is 3.75. The number of aromatic nitrogens is 1. The second kappa shape index (κ2) is 5.69. The maximum Gasteiger partial charge on any atom is 0.270 e. The second-order valence-electron chi connectivity index (χ2n) is 4.91. The summed E-state index contributed by atoms with van der Waals surface area (Å²) >= 11 is 5.81. The van der Waals surface area contributed by atoms with E-state index < -0.39 is 0 Å². The summed E-state index contributed by atoms with van der Waals surface area (Å²) in [5, 5.41) is 0.512. The third-order valence-corrected chi connectivity index (χ3v) is 3.49. The van der Waals surface area contributed by atoms with E-state index in [1.54, 1.807) is 24.2 Å². The molecule has 0 aliphatic carbocycles. The Balaban J connectivity index is 1.63. The van der Waals surface area contributed by atoms with Crippen molar-refractivity contribution in [3.8, 4) is 11.5 Å². The minimum Gasteiger partial charge on any atom is -0.486 e. The number of para-hydroxylation sites is 2. The molecule has 21 heavy (non-hydrogen) atoms. The monoisotopic (exact) mass is 306 g/mol. The molecule has 0 spiro atoms. The number of fused-ring (bicyclic) bond motifs is 1. The molecule has 1 aliphatic heterocycles. The van der Waals surface area contributed by atoms with Crippen molar-refractivity contribution in [2.75, 3.05) is 20.2 Å². The standard InChI is InChI=1S/C15H15ClN2O3/c1-18(15(19)12-6-10(16)7-17-12)8-11-9-20-13-4-2-3-5-14(13)21-11/h2-7,11,17H,8-9H2,1H3. The summed E-state index contributed by atoms with van der Waals surface area (Å²) in [6.45, 7) is 0.851. The molecule has 1 N–H and O–H groups in total. The van der Waals surface area contributed by atoms with Crippen molar-refractivity contribution in [1.29, 1.82) is 0 Å². The molecule has 1 unspecified atom stereocenters. The summed E-state index contributed by atoms with van der Waals surface area (Å²) in [5.41, 5.74) is 0.458. The Morgan fingerprint density at radius 1 is 1.43 bits per heavy atom. The summed E-state index contributed by atoms with van der Waals surface area (Å²) in [4.78, 5) is 16.6. The van der Waals surface area contributed by atoms with Crippen molar-refractivity contribution < 1.29 is 14.3 Å². The molecule has 6 heteroatoms. The van der Waals surface area contributed by atoms with Crippen LogP contribution >= 0.6 is 11.6 Å². The van der Waals surface area contributed by atoms with Crippen LogP contribution in [0.4, 0.5) is 0 Å². The maximum atomic E-state index is 12.2. The highest BCUT2D eigenvalue weighted by Crippen LogP contribution is 2.31. The number of aromatic amines is 1. The maximum absolute atomic E-state index is 12.2. The molecule has 1 aliphatic rings. The number of benzene rings is 1. The predicted octanol–water partition coefficient (Wildman–Crippen LogP) is 2.58. The molecule has 0 fully saturated rings. The summed E-state index contributed by atoms with van der Waals surface area (Å²) in [6.07, 6.45) is 1.39. The van der Waals surface area contributed by atoms with Crippen molar-refractivity contribution >= 4 is 17.5 Å². The Hall–Kier alpha value is -2.14. The van der Waals surface area contributed by atoms with E-state index in [1.807, 2.05) is 24.3 Å². The van der Waals surface area contributed by atoms with Crippen molar-refractivity contribution in [1.82, 2.24) is 9.88 Å². The lowest BCUT2D eigenvalue weighted by Crippen LogP contribution is -2.41. The first kappa shape index (κ1) is 13.8. The van der Waals surface area contributed by atoms with Crippen LogP contribution in [0.5, 0.6) is 11.5 Å². The van der Waals surface area contributed by atoms with Gasteiger partial charge in [-0.2, -0.15) is 0 Å². The molecular formula is C15H15ClN2O3. The largest absolute Gasteiger partial charge is 0.486 e. The van der Waals surface area contributed by atoms with E-state index in [-0.39, 0.29) is 12.0 Å². The van der Waals surface area contributed by atoms with Crippen LogP contribution in [0, 0.1) is 0 Å². The molecule has 1 aromatic carbocycles. The number of rotatable bonds is 3. The zero-order chi connectivity index (χ0) is 14.8. The van der Waals surface area contributed by atoms with Crippen molar-refractivity contribution in [2.45, 2.75) is 6.10 Å². The van der Waals surface area contributed by atoms with Crippen LogP contribution in [0.15, 0.2) is 36.5 Å². The van der Waals surface area contributed by atoms with Gasteiger partial charge < -0.3 is 19.4 Å². The van der Waals surface area contributed by atoms with E-state index in [0.717, 1.165) is 5.75 Å². The minimum absolute atomic E-state index is 0.135. The van der Waals surface area contributed by atoms with Gasteiger partial charge in [0.25, 0.3) is 5.91 Å². The number of halogens is 1. The molecule has 5 nitrogen and oxygen atoms in total. The predicted molar refractivity (Wildman–Crippen MR) is 79.1 cm³/mol. The molecule has 1 aromatic heterocycles. The van der Waals surface area contributed by atoms with Gasteiger partial charge in [-0.15, -0.1) is 0 Å². The van der Waals surface area contributed by atoms with Gasteiger partial charge in [0.05, 0.1) is 11.6 Å². The summed E-state index contributed by atoms with van der Waals surface area (Å²) < 4.78 is 11.5. The number of ether oxygens (including phenoxy) is 2. The van der Waals surface area contributed by atoms with Crippen molar-refractivity contribution in [3.63, 3.8) is 0 Å². The van der Waals surface area contributed by atoms with Crippen LogP contribution < -0.4 is 9.47 Å². The van der Waals surface area contributed by atoms with E-state index in [4.69, 9.17) is 21.1 Å². The van der Waals surface area contributed by atoms with Gasteiger partial charge in [-0.3, -0.25) is 4.79 Å². The van der Waals surface area contributed by atoms with Gasteiger partial charge >= 0.3 is 0 Å². The minimum atomic E-state index is -0.195. The van der Waals surface area contributed by atoms with Crippen molar-refractivity contribution in [3.05, 3.63) is 47.2 Å². The fraction of sp³-hybridized carbons (Fsp3) is 0.267. The molecule has 1 amide bonds. The number of carbonyl (C=O) groups is 1. The van der Waals surface area contributed by atoms with Gasteiger partial charge in [0.1, 0.15) is 12.3 Å². The molecule has 3 rings (SSSR count). The lowest BCUT2D eigenvalue weighted by atomic mass is 10.2. The number of nitrogens with one attached hydrogen (secondary N) is 1. The Labute approximate surface area is 127 Å². The molecule has 0 radical (unpaired) electrons. The highest BCUT2D eigenvalue weighted by molar-refractivity contribution is 6.30. The van der Waals surface area contributed by atoms with Crippen LogP contribution in [0.3, 0.4) is 0 Å². The highest BCUT2D eigenvalue weighted by Gasteiger charge is 2.24. The second-order valence-corrected chi connectivity index (χ2v) is 5.35. The zero-order valence-corrected chi connectivity index (χ0v) is 12.3. The van der Waals surface area contributed by atoms with E-state index in [9.17, 15) is 4.79 Å². The summed E-state index contributed by atoms with van der Waals surface area (Å²) in [5.74, 6) is 1.31. The molecular weight excluding hydrogens is 292 g/mol. The smallest absolute Gasteiger partial charge is 0.270 e. The lowest BCUT2D eigenvalue weighted by Gasteiger charge is -2.29. The van der Waals surface area contributed by atoms with Gasteiger partial charge in [0, 0.05) is 13.2 Å². The normalized spacial score (nSPS) is 16.6. The number of nitrogens with zero attached hydrogens (tertiary/aromatic N) is 1. The van der Waals surface area contributed by atoms with Gasteiger partial charge in [-0.25, -0.2) is 0 Å². The van der Waals surface area contributed by atoms with Gasteiger partial charge in [0.15, 0.2) is 17.6 Å². The van der Waals surface area contributed by atoms with Crippen molar-refractivity contribution in [2.24, 2.45) is 0 Å². The Bertz CT molecular complexity index is 656. The highest BCUT2D eigenvalue weighted by atomic mass is 35.5. The summed E-state index contributed by atoms with van der Waals surface area (Å²) in [6, 6.07) is 9.11. The number of H-pyrrole nitrogens is 1. The number of amides is 1. The molecule has 0 bridgehead atoms. The molecule has 1 atom stereocenters. The van der Waals surface area contributed by atoms with Gasteiger partial charge in [-0.1, -0.05) is 23.7 Å². The lowest BCUT2D eigenvalue weighted by molar-refractivity contribution is 0.0518. The first-order valence-corrected chi connectivity index (χ1v) is 6.99. The first-order chi connectivity index (χ1) is 10.1. The fourth-order valence-corrected chi connectivity index (χ4v) is 2.40. The average molecular weight is 307 g/mol. The number of carbonyl (C=O) groups excluding carboxylic acids is 1. The first-order valence-electron chi connectivity index (χ1n) is 6.61. The molecule has 2 aromatic rings. The molecule has 0 saturated heterocycles. The van der Waals surface area contributed by atoms with Crippen LogP contribution in [-0.2, 0) is 0 Å². The van der Waals surface area contributed by atoms with E-state index in [1.165, 1.54) is 0 Å². The average Bonchev–Trinajstić information content (AvgIpc) is 2.93. The van der Waals surface area contributed by atoms with Gasteiger partial charge in [0.2, 0.25) is 0 Å². The number of likely N-dealkylation sites (N-methyl/N-ethyl adjacent to an activating group) is 1. The third-order valence-electron chi connectivity index (χ3n) is 3.27. The third kappa shape index (κ3) is 2.97.